The van der Waals surface area contributed by atoms with Gasteiger partial charge in [-0.05, 0) is 57.1 Å². The van der Waals surface area contributed by atoms with Crippen LogP contribution in [0.5, 0.6) is 5.19 Å². The summed E-state index contributed by atoms with van der Waals surface area (Å²) >= 11 is 1.39. The summed E-state index contributed by atoms with van der Waals surface area (Å²) in [5.41, 5.74) is 2.52. The van der Waals surface area contributed by atoms with Gasteiger partial charge in [-0.25, -0.2) is 13.8 Å². The van der Waals surface area contributed by atoms with Crippen molar-refractivity contribution in [1.82, 2.24) is 15.2 Å². The summed E-state index contributed by atoms with van der Waals surface area (Å²) in [5, 5.41) is 14.1. The van der Waals surface area contributed by atoms with E-state index in [2.05, 4.69) is 20.5 Å². The third kappa shape index (κ3) is 7.70. The minimum absolute atomic E-state index is 0.0170. The number of para-hydroxylation sites is 1. The molecule has 1 saturated carbocycles. The Hall–Kier alpha value is -2.59. The molecule has 36 heavy (non-hydrogen) atoms. The number of benzene rings is 1. The van der Waals surface area contributed by atoms with E-state index >= 15 is 0 Å². The van der Waals surface area contributed by atoms with Gasteiger partial charge in [0.2, 0.25) is 5.91 Å². The van der Waals surface area contributed by atoms with E-state index in [4.69, 9.17) is 10.1 Å². The number of nitrogens with zero attached hydrogens (tertiary/aromatic N) is 2. The van der Waals surface area contributed by atoms with Crippen LogP contribution < -0.4 is 15.4 Å². The molecule has 3 N–H and O–H groups in total. The van der Waals surface area contributed by atoms with Gasteiger partial charge >= 0.3 is 0 Å². The van der Waals surface area contributed by atoms with Gasteiger partial charge < -0.3 is 20.8 Å². The molecule has 4 rings (SSSR count). The minimum Gasteiger partial charge on any atom is -0.464 e. The first kappa shape index (κ1) is 26.5. The average Bonchev–Trinajstić information content (AvgIpc) is 3.28. The van der Waals surface area contributed by atoms with Crippen LogP contribution in [-0.4, -0.2) is 60.2 Å². The fourth-order valence-corrected chi connectivity index (χ4v) is 5.77. The number of carbonyl (C=O) groups is 1. The monoisotopic (exact) mass is 519 g/mol. The third-order valence-corrected chi connectivity index (χ3v) is 7.93. The van der Waals surface area contributed by atoms with Gasteiger partial charge in [0.15, 0.2) is 6.61 Å². The highest BCUT2D eigenvalue weighted by atomic mass is 32.1. The van der Waals surface area contributed by atoms with Gasteiger partial charge in [0.25, 0.3) is 11.1 Å². The number of thiazole rings is 1. The van der Waals surface area contributed by atoms with Crippen molar-refractivity contribution in [3.05, 3.63) is 40.4 Å². The molecule has 1 fully saturated rings. The zero-order chi connectivity index (χ0) is 25.5. The van der Waals surface area contributed by atoms with Gasteiger partial charge in [-0.3, -0.25) is 9.69 Å². The van der Waals surface area contributed by atoms with E-state index in [1.807, 2.05) is 24.3 Å². The minimum atomic E-state index is -2.86. The Morgan fingerprint density at radius 2 is 2.08 bits per heavy atom. The SMILES string of the molecule is CC(F)(F)COc1nc2c(s1)CCN(CCC1CCC(NC(=O)CNc3ccccc3C=N)CC1)C2. The number of halogens is 2. The fraction of sp³-hybridized carbons (Fsp3) is 0.577. The molecule has 2 heterocycles. The highest BCUT2D eigenvalue weighted by Gasteiger charge is 2.27. The Kier molecular flexibility index (Phi) is 8.90. The van der Waals surface area contributed by atoms with Crippen LogP contribution in [0, 0.1) is 11.3 Å². The molecule has 0 bridgehead atoms. The van der Waals surface area contributed by atoms with Crippen LogP contribution in [0.25, 0.3) is 0 Å². The molecule has 1 aromatic carbocycles. The molecule has 2 aliphatic rings. The Bertz CT molecular complexity index is 1030. The summed E-state index contributed by atoms with van der Waals surface area (Å²) in [6.07, 6.45) is 7.48. The van der Waals surface area contributed by atoms with E-state index in [1.165, 1.54) is 17.6 Å². The predicted molar refractivity (Wildman–Crippen MR) is 139 cm³/mol. The molecule has 2 aromatic rings. The smallest absolute Gasteiger partial charge is 0.278 e. The van der Waals surface area contributed by atoms with Crippen molar-refractivity contribution in [1.29, 1.82) is 5.41 Å². The first-order valence-electron chi connectivity index (χ1n) is 12.6. The second-order valence-electron chi connectivity index (χ2n) is 9.89. The number of hydrogen-bond donors (Lipinski definition) is 3. The van der Waals surface area contributed by atoms with E-state index < -0.39 is 12.5 Å². The molecular formula is C26H35F2N5O2S. The van der Waals surface area contributed by atoms with Crippen molar-refractivity contribution in [3.8, 4) is 5.19 Å². The van der Waals surface area contributed by atoms with E-state index in [0.29, 0.717) is 11.1 Å². The molecular weight excluding hydrogens is 484 g/mol. The second kappa shape index (κ2) is 12.1. The van der Waals surface area contributed by atoms with Crippen molar-refractivity contribution >= 4 is 29.1 Å². The number of nitrogens with one attached hydrogen (secondary N) is 3. The number of fused-ring (bicyclic) bond motifs is 1. The average molecular weight is 520 g/mol. The first-order chi connectivity index (χ1) is 17.3. The maximum absolute atomic E-state index is 13.1. The van der Waals surface area contributed by atoms with E-state index in [1.54, 1.807) is 0 Å². The van der Waals surface area contributed by atoms with Crippen LogP contribution in [0.2, 0.25) is 0 Å². The Morgan fingerprint density at radius 3 is 2.83 bits per heavy atom. The highest BCUT2D eigenvalue weighted by Crippen LogP contribution is 2.32. The van der Waals surface area contributed by atoms with Crippen LogP contribution in [-0.2, 0) is 17.8 Å². The summed E-state index contributed by atoms with van der Waals surface area (Å²) in [5.74, 6) is -2.22. The number of carbonyl (C=O) groups excluding carboxylic acids is 1. The van der Waals surface area contributed by atoms with E-state index in [9.17, 15) is 13.6 Å². The van der Waals surface area contributed by atoms with Gasteiger partial charge in [-0.2, -0.15) is 0 Å². The summed E-state index contributed by atoms with van der Waals surface area (Å²) in [6.45, 7) is 3.11. The topological polar surface area (TPSA) is 90.3 Å². The largest absolute Gasteiger partial charge is 0.464 e. The van der Waals surface area contributed by atoms with Crippen LogP contribution >= 0.6 is 11.3 Å². The zero-order valence-corrected chi connectivity index (χ0v) is 21.5. The van der Waals surface area contributed by atoms with Crippen molar-refractivity contribution in [2.45, 2.75) is 64.0 Å². The molecule has 0 atom stereocenters. The van der Waals surface area contributed by atoms with Gasteiger partial charge in [0.05, 0.1) is 12.2 Å². The fourth-order valence-electron chi connectivity index (χ4n) is 4.87. The van der Waals surface area contributed by atoms with Gasteiger partial charge in [0.1, 0.15) is 0 Å². The second-order valence-corrected chi connectivity index (χ2v) is 10.9. The molecule has 1 aliphatic heterocycles. The van der Waals surface area contributed by atoms with Crippen molar-refractivity contribution in [3.63, 3.8) is 0 Å². The van der Waals surface area contributed by atoms with Crippen molar-refractivity contribution < 1.29 is 18.3 Å². The van der Waals surface area contributed by atoms with Crippen LogP contribution in [0.4, 0.5) is 14.5 Å². The van der Waals surface area contributed by atoms with Crippen molar-refractivity contribution in [2.75, 3.05) is 31.6 Å². The lowest BCUT2D eigenvalue weighted by Gasteiger charge is -2.32. The van der Waals surface area contributed by atoms with Crippen LogP contribution in [0.3, 0.4) is 0 Å². The highest BCUT2D eigenvalue weighted by molar-refractivity contribution is 7.13. The van der Waals surface area contributed by atoms with E-state index in [0.717, 1.165) is 86.9 Å². The number of aromatic nitrogens is 1. The molecule has 10 heteroatoms. The number of hydrogen-bond acceptors (Lipinski definition) is 7. The number of anilines is 1. The third-order valence-electron chi connectivity index (χ3n) is 6.86. The quantitative estimate of drug-likeness (QED) is 0.374. The molecule has 0 unspecified atom stereocenters. The lowest BCUT2D eigenvalue weighted by atomic mass is 9.84. The molecule has 196 valence electrons. The molecule has 7 nitrogen and oxygen atoms in total. The number of ether oxygens (including phenoxy) is 1. The maximum atomic E-state index is 13.1. The van der Waals surface area contributed by atoms with Crippen LogP contribution in [0.1, 0.15) is 55.2 Å². The molecule has 1 aliphatic carbocycles. The number of alkyl halides is 2. The zero-order valence-electron chi connectivity index (χ0n) is 20.7. The molecule has 0 saturated heterocycles. The lowest BCUT2D eigenvalue weighted by Crippen LogP contribution is -2.41. The first-order valence-corrected chi connectivity index (χ1v) is 13.4. The van der Waals surface area contributed by atoms with Gasteiger partial charge in [-0.1, -0.05) is 29.5 Å². The van der Waals surface area contributed by atoms with Gasteiger partial charge in [-0.15, -0.1) is 0 Å². The Labute approximate surface area is 215 Å². The summed E-state index contributed by atoms with van der Waals surface area (Å²) < 4.78 is 31.3. The molecule has 0 radical (unpaired) electrons. The lowest BCUT2D eigenvalue weighted by molar-refractivity contribution is -0.120. The van der Waals surface area contributed by atoms with Gasteiger partial charge in [0, 0.05) is 48.4 Å². The summed E-state index contributed by atoms with van der Waals surface area (Å²) in [6, 6.07) is 7.69. The van der Waals surface area contributed by atoms with Crippen LogP contribution in [0.15, 0.2) is 24.3 Å². The van der Waals surface area contributed by atoms with E-state index in [-0.39, 0.29) is 18.5 Å². The normalized spacial score (nSPS) is 20.4. The molecule has 1 amide bonds. The standard InChI is InChI=1S/C26H35F2N5O2S/c1-26(27,28)17-35-25-32-22-16-33(13-11-23(22)36-25)12-10-18-6-8-20(9-7-18)31-24(34)15-30-21-5-3-2-4-19(21)14-29/h2-5,14,18,20,29-30H,6-13,15-17H2,1H3,(H,31,34). The molecule has 1 aromatic heterocycles. The molecule has 0 spiro atoms. The summed E-state index contributed by atoms with van der Waals surface area (Å²) in [7, 11) is 0. The maximum Gasteiger partial charge on any atom is 0.278 e. The predicted octanol–water partition coefficient (Wildman–Crippen LogP) is 4.71. The number of rotatable bonds is 11. The Balaban J connectivity index is 1.13. The Morgan fingerprint density at radius 1 is 1.31 bits per heavy atom. The number of amides is 1. The summed E-state index contributed by atoms with van der Waals surface area (Å²) in [4.78, 5) is 20.4. The van der Waals surface area contributed by atoms with Crippen molar-refractivity contribution in [2.24, 2.45) is 5.92 Å².